The maximum absolute atomic E-state index is 6.26. The summed E-state index contributed by atoms with van der Waals surface area (Å²) in [5, 5.41) is 16.8. The second-order valence-electron chi connectivity index (χ2n) is 5.69. The molecule has 0 atom stereocenters. The zero-order chi connectivity index (χ0) is 18.0. The molecule has 2 aromatic heterocycles. The molecule has 0 amide bonds. The summed E-state index contributed by atoms with van der Waals surface area (Å²) in [6, 6.07) is 7.79. The highest BCUT2D eigenvalue weighted by atomic mass is 35.5. The Labute approximate surface area is 156 Å². The van der Waals surface area contributed by atoms with Gasteiger partial charge >= 0.3 is 0 Å². The molecule has 6 nitrogen and oxygen atoms in total. The first-order valence-electron chi connectivity index (χ1n) is 7.99. The lowest BCUT2D eigenvalue weighted by atomic mass is 10.2. The SMILES string of the molecule is CCc1n[nH]c(=S)n1N=Cc1c(C)nn(Cc2ccccc2Cl)c1C. The minimum absolute atomic E-state index is 0.479. The smallest absolute Gasteiger partial charge is 0.216 e. The topological polar surface area (TPSA) is 63.8 Å². The number of H-pyrrole nitrogens is 1. The van der Waals surface area contributed by atoms with Crippen molar-refractivity contribution in [2.45, 2.75) is 33.7 Å². The van der Waals surface area contributed by atoms with Crippen LogP contribution in [0.25, 0.3) is 0 Å². The van der Waals surface area contributed by atoms with E-state index in [1.165, 1.54) is 0 Å². The lowest BCUT2D eigenvalue weighted by Crippen LogP contribution is -2.05. The molecule has 0 aliphatic rings. The molecule has 0 radical (unpaired) electrons. The van der Waals surface area contributed by atoms with E-state index in [4.69, 9.17) is 23.8 Å². The van der Waals surface area contributed by atoms with Crippen molar-refractivity contribution < 1.29 is 0 Å². The van der Waals surface area contributed by atoms with Crippen molar-refractivity contribution in [1.29, 1.82) is 0 Å². The van der Waals surface area contributed by atoms with Gasteiger partial charge in [-0.2, -0.15) is 20.0 Å². The predicted molar refractivity (Wildman–Crippen MR) is 102 cm³/mol. The highest BCUT2D eigenvalue weighted by Gasteiger charge is 2.12. The Morgan fingerprint density at radius 1 is 1.32 bits per heavy atom. The Bertz CT molecular complexity index is 981. The number of aromatic nitrogens is 5. The lowest BCUT2D eigenvalue weighted by Gasteiger charge is -2.06. The quantitative estimate of drug-likeness (QED) is 0.544. The highest BCUT2D eigenvalue weighted by Crippen LogP contribution is 2.18. The first-order valence-corrected chi connectivity index (χ1v) is 8.78. The van der Waals surface area contributed by atoms with Crippen LogP contribution in [0, 0.1) is 18.6 Å². The number of nitrogens with one attached hydrogen (secondary N) is 1. The minimum atomic E-state index is 0.479. The molecular formula is C17H19ClN6S. The van der Waals surface area contributed by atoms with Gasteiger partial charge in [-0.15, -0.1) is 0 Å². The van der Waals surface area contributed by atoms with Crippen molar-refractivity contribution >= 4 is 30.0 Å². The van der Waals surface area contributed by atoms with Crippen LogP contribution in [-0.4, -0.2) is 30.9 Å². The van der Waals surface area contributed by atoms with Crippen LogP contribution >= 0.6 is 23.8 Å². The maximum Gasteiger partial charge on any atom is 0.216 e. The summed E-state index contributed by atoms with van der Waals surface area (Å²) in [7, 11) is 0. The van der Waals surface area contributed by atoms with E-state index in [0.717, 1.165) is 39.8 Å². The number of nitrogens with zero attached hydrogens (tertiary/aromatic N) is 5. The molecule has 2 heterocycles. The fourth-order valence-corrected chi connectivity index (χ4v) is 3.02. The number of rotatable bonds is 5. The van der Waals surface area contributed by atoms with Crippen molar-refractivity contribution in [2.75, 3.05) is 0 Å². The van der Waals surface area contributed by atoms with Gasteiger partial charge in [-0.25, -0.2) is 0 Å². The van der Waals surface area contributed by atoms with Crippen molar-refractivity contribution in [3.8, 4) is 0 Å². The van der Waals surface area contributed by atoms with Crippen LogP contribution in [0.3, 0.4) is 0 Å². The van der Waals surface area contributed by atoms with Gasteiger partial charge in [0.25, 0.3) is 0 Å². The Kier molecular flexibility index (Phi) is 5.15. The van der Waals surface area contributed by atoms with Gasteiger partial charge in [-0.05, 0) is 37.7 Å². The Balaban J connectivity index is 1.92. The maximum atomic E-state index is 6.26. The van der Waals surface area contributed by atoms with Crippen LogP contribution in [0.1, 0.15) is 35.3 Å². The van der Waals surface area contributed by atoms with E-state index in [-0.39, 0.29) is 0 Å². The molecule has 3 aromatic rings. The van der Waals surface area contributed by atoms with Gasteiger partial charge in [0.15, 0.2) is 5.82 Å². The third kappa shape index (κ3) is 3.57. The van der Waals surface area contributed by atoms with Gasteiger partial charge in [0, 0.05) is 22.7 Å². The van der Waals surface area contributed by atoms with Crippen LogP contribution in [-0.2, 0) is 13.0 Å². The fraction of sp³-hybridized carbons (Fsp3) is 0.294. The molecule has 3 rings (SSSR count). The number of aromatic amines is 1. The standard InChI is InChI=1S/C17H19ClN6S/c1-4-16-20-21-17(25)24(16)19-9-14-11(2)22-23(12(14)3)10-13-7-5-6-8-15(13)18/h5-9H,4,10H2,1-3H3,(H,21,25). The van der Waals surface area contributed by atoms with E-state index in [2.05, 4.69) is 20.4 Å². The van der Waals surface area contributed by atoms with E-state index in [1.807, 2.05) is 49.7 Å². The third-order valence-electron chi connectivity index (χ3n) is 4.05. The number of halogens is 1. The van der Waals surface area contributed by atoms with E-state index in [1.54, 1.807) is 10.9 Å². The van der Waals surface area contributed by atoms with Crippen molar-refractivity contribution in [3.63, 3.8) is 0 Å². The average molecular weight is 375 g/mol. The van der Waals surface area contributed by atoms with E-state index >= 15 is 0 Å². The molecule has 0 saturated heterocycles. The number of hydrogen-bond donors (Lipinski definition) is 1. The zero-order valence-corrected chi connectivity index (χ0v) is 15.9. The molecule has 1 aromatic carbocycles. The number of aryl methyl sites for hydroxylation is 2. The zero-order valence-electron chi connectivity index (χ0n) is 14.3. The fourth-order valence-electron chi connectivity index (χ4n) is 2.63. The first kappa shape index (κ1) is 17.6. The minimum Gasteiger partial charge on any atom is -0.264 e. The summed E-state index contributed by atoms with van der Waals surface area (Å²) >= 11 is 11.5. The van der Waals surface area contributed by atoms with Crippen LogP contribution in [0.4, 0.5) is 0 Å². The largest absolute Gasteiger partial charge is 0.264 e. The summed E-state index contributed by atoms with van der Waals surface area (Å²) in [4.78, 5) is 0. The lowest BCUT2D eigenvalue weighted by molar-refractivity contribution is 0.659. The monoisotopic (exact) mass is 374 g/mol. The average Bonchev–Trinajstić information content (AvgIpc) is 3.08. The molecule has 0 bridgehead atoms. The van der Waals surface area contributed by atoms with Crippen molar-refractivity contribution in [3.05, 3.63) is 62.4 Å². The van der Waals surface area contributed by atoms with E-state index in [0.29, 0.717) is 11.3 Å². The predicted octanol–water partition coefficient (Wildman–Crippen LogP) is 3.90. The van der Waals surface area contributed by atoms with Gasteiger partial charge in [0.1, 0.15) is 0 Å². The van der Waals surface area contributed by atoms with Crippen molar-refractivity contribution in [1.82, 2.24) is 24.7 Å². The van der Waals surface area contributed by atoms with Crippen LogP contribution in [0.5, 0.6) is 0 Å². The van der Waals surface area contributed by atoms with Crippen molar-refractivity contribution in [2.24, 2.45) is 5.10 Å². The summed E-state index contributed by atoms with van der Waals surface area (Å²) in [5.74, 6) is 0.792. The van der Waals surface area contributed by atoms with Crippen LogP contribution in [0.15, 0.2) is 29.4 Å². The van der Waals surface area contributed by atoms with E-state index < -0.39 is 0 Å². The summed E-state index contributed by atoms with van der Waals surface area (Å²) < 4.78 is 4.05. The number of hydrogen-bond acceptors (Lipinski definition) is 4. The number of benzene rings is 1. The molecule has 0 spiro atoms. The third-order valence-corrected chi connectivity index (χ3v) is 4.68. The van der Waals surface area contributed by atoms with E-state index in [9.17, 15) is 0 Å². The van der Waals surface area contributed by atoms with Crippen LogP contribution in [0.2, 0.25) is 5.02 Å². The van der Waals surface area contributed by atoms with Gasteiger partial charge < -0.3 is 0 Å². The molecule has 0 fully saturated rings. The van der Waals surface area contributed by atoms with Crippen LogP contribution < -0.4 is 0 Å². The van der Waals surface area contributed by atoms with Gasteiger partial charge in [0.2, 0.25) is 4.77 Å². The molecule has 25 heavy (non-hydrogen) atoms. The molecule has 0 unspecified atom stereocenters. The Hall–Kier alpha value is -2.25. The molecule has 130 valence electrons. The molecule has 8 heteroatoms. The summed E-state index contributed by atoms with van der Waals surface area (Å²) in [5.41, 5.74) is 3.93. The highest BCUT2D eigenvalue weighted by molar-refractivity contribution is 7.71. The second kappa shape index (κ2) is 7.33. The Morgan fingerprint density at radius 2 is 2.08 bits per heavy atom. The Morgan fingerprint density at radius 3 is 2.80 bits per heavy atom. The summed E-state index contributed by atoms with van der Waals surface area (Å²) in [6.45, 7) is 6.61. The molecule has 0 saturated carbocycles. The molecule has 0 aliphatic carbocycles. The first-order chi connectivity index (χ1) is 12.0. The molecule has 1 N–H and O–H groups in total. The van der Waals surface area contributed by atoms with Gasteiger partial charge in [0.05, 0.1) is 18.5 Å². The summed E-state index contributed by atoms with van der Waals surface area (Å²) in [6.07, 6.45) is 2.53. The van der Waals surface area contributed by atoms with Gasteiger partial charge in [-0.3, -0.25) is 9.78 Å². The normalized spacial score (nSPS) is 11.5. The molecule has 0 aliphatic heterocycles. The second-order valence-corrected chi connectivity index (χ2v) is 6.48. The van der Waals surface area contributed by atoms with Gasteiger partial charge in [-0.1, -0.05) is 36.7 Å². The molecular weight excluding hydrogens is 356 g/mol.